The average Bonchev–Trinajstić information content (AvgIpc) is 3.55. The minimum atomic E-state index is -0.743. The summed E-state index contributed by atoms with van der Waals surface area (Å²) in [7, 11) is 1.72. The van der Waals surface area contributed by atoms with Crippen molar-refractivity contribution in [2.24, 2.45) is 0 Å². The smallest absolute Gasteiger partial charge is 0.336 e. The number of anilines is 2. The highest BCUT2D eigenvalue weighted by molar-refractivity contribution is 7.09. The number of hydrogen-bond donors (Lipinski definition) is 2. The number of nitrogen functional groups attached to an aromatic ring is 1. The number of nitrogens with one attached hydrogen (secondary N) is 1. The van der Waals surface area contributed by atoms with Gasteiger partial charge in [-0.2, -0.15) is 0 Å². The molecule has 1 fully saturated rings. The lowest BCUT2D eigenvalue weighted by molar-refractivity contribution is 0.00739. The number of ether oxygens (including phenoxy) is 2. The average molecular weight is 730 g/mol. The van der Waals surface area contributed by atoms with Crippen LogP contribution in [0.1, 0.15) is 40.5 Å². The van der Waals surface area contributed by atoms with Crippen LogP contribution >= 0.6 is 11.3 Å². The highest BCUT2D eigenvalue weighted by Gasteiger charge is 2.26. The van der Waals surface area contributed by atoms with Crippen LogP contribution in [0.3, 0.4) is 0 Å². The maximum Gasteiger partial charge on any atom is 0.336 e. The van der Waals surface area contributed by atoms with Crippen LogP contribution in [0.15, 0.2) is 75.9 Å². The summed E-state index contributed by atoms with van der Waals surface area (Å²) in [5.74, 6) is 6.11. The fourth-order valence-electron chi connectivity index (χ4n) is 5.23. The molecule has 12 nitrogen and oxygen atoms in total. The summed E-state index contributed by atoms with van der Waals surface area (Å²) in [4.78, 5) is 46.8. The van der Waals surface area contributed by atoms with Crippen molar-refractivity contribution in [2.45, 2.75) is 32.9 Å². The van der Waals surface area contributed by atoms with E-state index >= 15 is 0 Å². The quantitative estimate of drug-likeness (QED) is 0.168. The van der Waals surface area contributed by atoms with Crippen LogP contribution in [0.5, 0.6) is 11.5 Å². The molecule has 0 amide bonds. The van der Waals surface area contributed by atoms with Crippen LogP contribution in [-0.2, 0) is 11.3 Å². The van der Waals surface area contributed by atoms with E-state index in [1.165, 1.54) is 46.5 Å². The van der Waals surface area contributed by atoms with Crippen LogP contribution in [0, 0.1) is 30.4 Å². The van der Waals surface area contributed by atoms with Gasteiger partial charge in [0.05, 0.1) is 47.2 Å². The maximum absolute atomic E-state index is 14.3. The Bertz CT molecular complexity index is 2230. The summed E-state index contributed by atoms with van der Waals surface area (Å²) in [5.41, 5.74) is 6.09. The minimum absolute atomic E-state index is 0.0973. The summed E-state index contributed by atoms with van der Waals surface area (Å²) in [5, 5.41) is 5.53. The second-order valence-corrected chi connectivity index (χ2v) is 13.1. The highest BCUT2D eigenvalue weighted by Crippen LogP contribution is 2.30. The van der Waals surface area contributed by atoms with Crippen LogP contribution < -0.4 is 27.0 Å². The summed E-state index contributed by atoms with van der Waals surface area (Å²) in [6.45, 7) is 9.09. The van der Waals surface area contributed by atoms with E-state index in [-0.39, 0.29) is 34.9 Å². The number of pyridine rings is 1. The number of nitrogens with zero attached hydrogens (tertiary/aromatic N) is 5. The predicted molar refractivity (Wildman–Crippen MR) is 196 cm³/mol. The van der Waals surface area contributed by atoms with Gasteiger partial charge in [-0.05, 0) is 57.2 Å². The number of aromatic nitrogens is 4. The van der Waals surface area contributed by atoms with Gasteiger partial charge in [0.1, 0.15) is 22.9 Å². The van der Waals surface area contributed by atoms with Gasteiger partial charge in [-0.15, -0.1) is 11.3 Å². The minimum Gasteiger partial charge on any atom is -0.453 e. The second-order valence-electron chi connectivity index (χ2n) is 12.1. The number of aryl methyl sites for hydroxylation is 1. The Morgan fingerprint density at radius 1 is 1.10 bits per heavy atom. The molecular weight excluding hydrogens is 693 g/mol. The van der Waals surface area contributed by atoms with Crippen molar-refractivity contribution in [1.82, 2.24) is 24.0 Å². The summed E-state index contributed by atoms with van der Waals surface area (Å²) in [6.07, 6.45) is 3.12. The zero-order chi connectivity index (χ0) is 37.4. The molecule has 0 aliphatic carbocycles. The molecule has 3 aromatic heterocycles. The standard InChI is InChI=1S/C21H25FN4O2.C16H12FN3O3S/c1-21(2,26-10-12-27-13-11-26)8-6-16-18(7-9-25-20(16)23)28-19-5-4-15(24-3)14-17(19)22;1-10-18-13(9-24-10)7-19-6-11(8-21)15(22)20(16(19)23)14-4-2-12(17)3-5-14/h4-5,7,9,14,24H,10-13H2,1-3H3,(H2,23,25);2-6,8-9H,7H2,1H3. The lowest BCUT2D eigenvalue weighted by atomic mass is 10.0. The molecule has 15 heteroatoms. The monoisotopic (exact) mass is 729 g/mol. The first kappa shape index (κ1) is 37.6. The number of aldehydes is 1. The molecule has 1 saturated heterocycles. The molecule has 0 bridgehead atoms. The lowest BCUT2D eigenvalue weighted by Gasteiger charge is -2.37. The van der Waals surface area contributed by atoms with Crippen molar-refractivity contribution in [3.05, 3.63) is 121 Å². The van der Waals surface area contributed by atoms with E-state index in [2.05, 4.69) is 45.9 Å². The van der Waals surface area contributed by atoms with Gasteiger partial charge in [-0.3, -0.25) is 19.1 Å². The highest BCUT2D eigenvalue weighted by atomic mass is 32.1. The van der Waals surface area contributed by atoms with Crippen LogP contribution in [0.4, 0.5) is 20.3 Å². The Labute approximate surface area is 302 Å². The lowest BCUT2D eigenvalue weighted by Crippen LogP contribution is -2.49. The van der Waals surface area contributed by atoms with Gasteiger partial charge in [0.2, 0.25) is 0 Å². The molecule has 1 aliphatic rings. The van der Waals surface area contributed by atoms with Crippen LogP contribution in [0.25, 0.3) is 5.69 Å². The Morgan fingerprint density at radius 2 is 1.83 bits per heavy atom. The number of benzene rings is 2. The topological polar surface area (TPSA) is 147 Å². The number of halogens is 2. The van der Waals surface area contributed by atoms with E-state index in [9.17, 15) is 23.2 Å². The SMILES string of the molecule is CNc1ccc(Oc2ccnc(N)c2C#CC(C)(C)N2CCOCC2)c(F)c1.Cc1nc(Cn2cc(C=O)c(=O)n(-c3ccc(F)cc3)c2=O)cs1. The van der Waals surface area contributed by atoms with E-state index < -0.39 is 22.9 Å². The molecule has 0 atom stereocenters. The van der Waals surface area contributed by atoms with E-state index in [0.717, 1.165) is 34.8 Å². The van der Waals surface area contributed by atoms with E-state index in [1.807, 2.05) is 6.92 Å². The number of carbonyl (C=O) groups excluding carboxylic acids is 1. The number of hydrogen-bond acceptors (Lipinski definition) is 11. The van der Waals surface area contributed by atoms with Crippen LogP contribution in [0.2, 0.25) is 0 Å². The molecule has 270 valence electrons. The molecule has 4 heterocycles. The van der Waals surface area contributed by atoms with Gasteiger partial charge in [-0.25, -0.2) is 28.1 Å². The molecule has 0 saturated carbocycles. The van der Waals surface area contributed by atoms with E-state index in [4.69, 9.17) is 15.2 Å². The fraction of sp³-hybridized carbons (Fsp3) is 0.270. The largest absolute Gasteiger partial charge is 0.453 e. The predicted octanol–water partition coefficient (Wildman–Crippen LogP) is 4.86. The van der Waals surface area contributed by atoms with Crippen molar-refractivity contribution in [3.8, 4) is 29.0 Å². The molecule has 52 heavy (non-hydrogen) atoms. The first-order valence-electron chi connectivity index (χ1n) is 16.1. The zero-order valence-corrected chi connectivity index (χ0v) is 29.8. The number of rotatable bonds is 8. The van der Waals surface area contributed by atoms with Gasteiger partial charge < -0.3 is 20.5 Å². The summed E-state index contributed by atoms with van der Waals surface area (Å²) in [6, 6.07) is 11.2. The first-order chi connectivity index (χ1) is 24.9. The molecule has 0 unspecified atom stereocenters. The Hall–Kier alpha value is -5.69. The van der Waals surface area contributed by atoms with E-state index in [0.29, 0.717) is 42.2 Å². The molecule has 1 aliphatic heterocycles. The van der Waals surface area contributed by atoms with Gasteiger partial charge >= 0.3 is 5.69 Å². The Balaban J connectivity index is 0.000000203. The molecule has 3 N–H and O–H groups in total. The Kier molecular flexibility index (Phi) is 12.0. The third-order valence-electron chi connectivity index (χ3n) is 8.07. The molecular formula is C37H37F2N7O5S. The number of carbonyl (C=O) groups is 1. The van der Waals surface area contributed by atoms with Crippen LogP contribution in [-0.4, -0.2) is 69.2 Å². The second kappa shape index (κ2) is 16.6. The summed E-state index contributed by atoms with van der Waals surface area (Å²) >= 11 is 1.44. The third-order valence-corrected chi connectivity index (χ3v) is 8.89. The number of nitrogens with two attached hydrogens (primary N) is 1. The molecule has 0 radical (unpaired) electrons. The van der Waals surface area contributed by atoms with Crippen molar-refractivity contribution in [2.75, 3.05) is 44.4 Å². The normalized spacial score (nSPS) is 13.0. The van der Waals surface area contributed by atoms with Gasteiger partial charge in [0.25, 0.3) is 5.56 Å². The molecule has 6 rings (SSSR count). The molecule has 0 spiro atoms. The Morgan fingerprint density at radius 3 is 2.46 bits per heavy atom. The zero-order valence-electron chi connectivity index (χ0n) is 29.0. The van der Waals surface area contributed by atoms with Crippen molar-refractivity contribution < 1.29 is 23.0 Å². The van der Waals surface area contributed by atoms with Gasteiger partial charge in [0.15, 0.2) is 17.9 Å². The van der Waals surface area contributed by atoms with Gasteiger partial charge in [-0.1, -0.05) is 11.8 Å². The van der Waals surface area contributed by atoms with Crippen molar-refractivity contribution >= 4 is 29.1 Å². The van der Waals surface area contributed by atoms with Gasteiger partial charge in [0, 0.05) is 55.7 Å². The number of thiazole rings is 1. The number of morpholine rings is 1. The summed E-state index contributed by atoms with van der Waals surface area (Å²) < 4.78 is 40.7. The fourth-order valence-corrected chi connectivity index (χ4v) is 5.84. The maximum atomic E-state index is 14.3. The molecule has 5 aromatic rings. The van der Waals surface area contributed by atoms with Crippen molar-refractivity contribution in [3.63, 3.8) is 0 Å². The molecule has 2 aromatic carbocycles. The first-order valence-corrected chi connectivity index (χ1v) is 17.0. The third kappa shape index (κ3) is 8.96. The van der Waals surface area contributed by atoms with Crippen molar-refractivity contribution in [1.29, 1.82) is 0 Å². The van der Waals surface area contributed by atoms with E-state index in [1.54, 1.807) is 30.6 Å².